The first-order valence-electron chi connectivity index (χ1n) is 7.66. The normalized spacial score (nSPS) is 11.7. The first-order chi connectivity index (χ1) is 11.0. The van der Waals surface area contributed by atoms with E-state index in [9.17, 15) is 14.4 Å². The van der Waals surface area contributed by atoms with Crippen LogP contribution >= 0.6 is 0 Å². The maximum absolute atomic E-state index is 12.2. The molecule has 0 bridgehead atoms. The minimum absolute atomic E-state index is 0.0525. The second-order valence-electron chi connectivity index (χ2n) is 5.53. The fourth-order valence-corrected chi connectivity index (χ4v) is 2.01. The quantitative estimate of drug-likeness (QED) is 0.562. The monoisotopic (exact) mass is 320 g/mol. The number of carbonyl (C=O) groups excluding carboxylic acids is 3. The molecule has 0 radical (unpaired) electrons. The van der Waals surface area contributed by atoms with Gasteiger partial charge in [0, 0.05) is 18.5 Å². The Labute approximate surface area is 136 Å². The molecule has 1 aromatic rings. The number of nitrogens with one attached hydrogen (secondary N) is 2. The average molecular weight is 320 g/mol. The van der Waals surface area contributed by atoms with Crippen LogP contribution in [0.25, 0.3) is 0 Å². The molecule has 0 saturated carbocycles. The number of benzene rings is 1. The van der Waals surface area contributed by atoms with Crippen LogP contribution in [-0.2, 0) is 14.3 Å². The summed E-state index contributed by atoms with van der Waals surface area (Å²) in [5, 5.41) is 5.49. The highest BCUT2D eigenvalue weighted by atomic mass is 16.5. The maximum Gasteiger partial charge on any atom is 0.305 e. The summed E-state index contributed by atoms with van der Waals surface area (Å²) in [6.07, 6.45) is 0.745. The summed E-state index contributed by atoms with van der Waals surface area (Å²) in [7, 11) is 1.33. The fourth-order valence-electron chi connectivity index (χ4n) is 2.01. The molecule has 6 heteroatoms. The lowest BCUT2D eigenvalue weighted by atomic mass is 10.0. The highest BCUT2D eigenvalue weighted by Gasteiger charge is 2.24. The van der Waals surface area contributed by atoms with E-state index in [1.807, 2.05) is 19.9 Å². The second-order valence-corrected chi connectivity index (χ2v) is 5.53. The molecule has 0 aromatic heterocycles. The first kappa shape index (κ1) is 18.7. The summed E-state index contributed by atoms with van der Waals surface area (Å²) in [6, 6.07) is 8.13. The zero-order valence-electron chi connectivity index (χ0n) is 13.8. The number of carbonyl (C=O) groups is 3. The molecule has 0 spiro atoms. The molecule has 1 atom stereocenters. The number of hydrogen-bond acceptors (Lipinski definition) is 4. The minimum Gasteiger partial charge on any atom is -0.469 e. The summed E-state index contributed by atoms with van der Waals surface area (Å²) in [5.41, 5.74) is 0.511. The van der Waals surface area contributed by atoms with Crippen LogP contribution in [0.4, 0.5) is 0 Å². The Bertz CT molecular complexity index is 529. The first-order valence-corrected chi connectivity index (χ1v) is 7.66. The number of esters is 1. The Balaban J connectivity index is 2.52. The van der Waals surface area contributed by atoms with E-state index in [0.29, 0.717) is 18.5 Å². The number of methoxy groups -OCH3 is 1. The number of hydrogen-bond donors (Lipinski definition) is 2. The summed E-state index contributed by atoms with van der Waals surface area (Å²) in [6.45, 7) is 4.09. The van der Waals surface area contributed by atoms with Gasteiger partial charge in [-0.2, -0.15) is 0 Å². The average Bonchev–Trinajstić information content (AvgIpc) is 2.56. The van der Waals surface area contributed by atoms with Crippen molar-refractivity contribution < 1.29 is 19.1 Å². The molecule has 1 aromatic carbocycles. The molecule has 1 unspecified atom stereocenters. The zero-order valence-corrected chi connectivity index (χ0v) is 13.8. The van der Waals surface area contributed by atoms with Crippen molar-refractivity contribution in [1.82, 2.24) is 10.6 Å². The molecular formula is C17H24N2O4. The van der Waals surface area contributed by atoms with E-state index in [1.165, 1.54) is 7.11 Å². The second kappa shape index (κ2) is 9.61. The minimum atomic E-state index is -0.624. The van der Waals surface area contributed by atoms with Gasteiger partial charge in [-0.3, -0.25) is 14.4 Å². The molecule has 23 heavy (non-hydrogen) atoms. The Morgan fingerprint density at radius 3 is 2.35 bits per heavy atom. The lowest BCUT2D eigenvalue weighted by molar-refractivity contribution is -0.140. The van der Waals surface area contributed by atoms with Gasteiger partial charge in [0.15, 0.2) is 0 Å². The molecule has 0 fully saturated rings. The van der Waals surface area contributed by atoms with Crippen molar-refractivity contribution >= 4 is 17.8 Å². The van der Waals surface area contributed by atoms with E-state index in [1.54, 1.807) is 24.3 Å². The van der Waals surface area contributed by atoms with Gasteiger partial charge in [-0.1, -0.05) is 32.0 Å². The molecule has 0 aliphatic rings. The SMILES string of the molecule is COC(=O)CCCNC(=O)C(NC(=O)c1ccccc1)C(C)C. The van der Waals surface area contributed by atoms with E-state index < -0.39 is 6.04 Å². The smallest absolute Gasteiger partial charge is 0.305 e. The van der Waals surface area contributed by atoms with Crippen LogP contribution in [0.1, 0.15) is 37.0 Å². The van der Waals surface area contributed by atoms with Crippen molar-refractivity contribution in [3.63, 3.8) is 0 Å². The molecular weight excluding hydrogens is 296 g/mol. The van der Waals surface area contributed by atoms with Gasteiger partial charge >= 0.3 is 5.97 Å². The van der Waals surface area contributed by atoms with Gasteiger partial charge in [-0.25, -0.2) is 0 Å². The molecule has 0 saturated heterocycles. The van der Waals surface area contributed by atoms with E-state index in [-0.39, 0.29) is 30.1 Å². The van der Waals surface area contributed by atoms with Crippen LogP contribution in [-0.4, -0.2) is 37.5 Å². The van der Waals surface area contributed by atoms with Crippen molar-refractivity contribution in [2.75, 3.05) is 13.7 Å². The van der Waals surface area contributed by atoms with Crippen molar-refractivity contribution in [2.45, 2.75) is 32.7 Å². The van der Waals surface area contributed by atoms with Gasteiger partial charge in [0.05, 0.1) is 7.11 Å². The van der Waals surface area contributed by atoms with Gasteiger partial charge in [-0.15, -0.1) is 0 Å². The zero-order chi connectivity index (χ0) is 17.2. The Morgan fingerprint density at radius 2 is 1.78 bits per heavy atom. The van der Waals surface area contributed by atoms with Gasteiger partial charge in [0.25, 0.3) is 5.91 Å². The molecule has 0 aliphatic heterocycles. The molecule has 126 valence electrons. The van der Waals surface area contributed by atoms with E-state index >= 15 is 0 Å². The third-order valence-electron chi connectivity index (χ3n) is 3.36. The molecule has 2 N–H and O–H groups in total. The van der Waals surface area contributed by atoms with Crippen molar-refractivity contribution in [3.8, 4) is 0 Å². The predicted molar refractivity (Wildman–Crippen MR) is 86.8 cm³/mol. The largest absolute Gasteiger partial charge is 0.469 e. The molecule has 0 heterocycles. The molecule has 0 aliphatic carbocycles. The van der Waals surface area contributed by atoms with Crippen LogP contribution in [0.5, 0.6) is 0 Å². The lowest BCUT2D eigenvalue weighted by Gasteiger charge is -2.21. The summed E-state index contributed by atoms with van der Waals surface area (Å²) < 4.78 is 4.54. The van der Waals surface area contributed by atoms with E-state index in [0.717, 1.165) is 0 Å². The standard InChI is InChI=1S/C17H24N2O4/c1-12(2)15(17(22)18-11-7-10-14(20)23-3)19-16(21)13-8-5-4-6-9-13/h4-6,8-9,12,15H,7,10-11H2,1-3H3,(H,18,22)(H,19,21). The molecule has 6 nitrogen and oxygen atoms in total. The predicted octanol–water partition coefficient (Wildman–Crippen LogP) is 1.51. The summed E-state index contributed by atoms with van der Waals surface area (Å²) >= 11 is 0. The highest BCUT2D eigenvalue weighted by molar-refractivity contribution is 5.97. The third kappa shape index (κ3) is 6.50. The van der Waals surface area contributed by atoms with Gasteiger partial charge < -0.3 is 15.4 Å². The van der Waals surface area contributed by atoms with Crippen LogP contribution in [0.15, 0.2) is 30.3 Å². The number of rotatable bonds is 8. The Hall–Kier alpha value is -2.37. The maximum atomic E-state index is 12.2. The fraction of sp³-hybridized carbons (Fsp3) is 0.471. The molecule has 1 rings (SSSR count). The Morgan fingerprint density at radius 1 is 1.13 bits per heavy atom. The highest BCUT2D eigenvalue weighted by Crippen LogP contribution is 2.05. The lowest BCUT2D eigenvalue weighted by Crippen LogP contribution is -2.49. The number of amides is 2. The van der Waals surface area contributed by atoms with Gasteiger partial charge in [-0.05, 0) is 24.5 Å². The van der Waals surface area contributed by atoms with Crippen LogP contribution in [0.2, 0.25) is 0 Å². The van der Waals surface area contributed by atoms with Crippen LogP contribution < -0.4 is 10.6 Å². The Kier molecular flexibility index (Phi) is 7.80. The van der Waals surface area contributed by atoms with E-state index in [2.05, 4.69) is 15.4 Å². The van der Waals surface area contributed by atoms with Crippen molar-refractivity contribution in [1.29, 1.82) is 0 Å². The topological polar surface area (TPSA) is 84.5 Å². The third-order valence-corrected chi connectivity index (χ3v) is 3.36. The van der Waals surface area contributed by atoms with E-state index in [4.69, 9.17) is 0 Å². The van der Waals surface area contributed by atoms with Crippen LogP contribution in [0.3, 0.4) is 0 Å². The van der Waals surface area contributed by atoms with Gasteiger partial charge in [0.1, 0.15) is 6.04 Å². The van der Waals surface area contributed by atoms with Gasteiger partial charge in [0.2, 0.25) is 5.91 Å². The van der Waals surface area contributed by atoms with Crippen molar-refractivity contribution in [3.05, 3.63) is 35.9 Å². The van der Waals surface area contributed by atoms with Crippen molar-refractivity contribution in [2.24, 2.45) is 5.92 Å². The summed E-state index contributed by atoms with van der Waals surface area (Å²) in [4.78, 5) is 35.4. The number of ether oxygens (including phenoxy) is 1. The summed E-state index contributed by atoms with van der Waals surface area (Å²) in [5.74, 6) is -0.900. The molecule has 2 amide bonds. The van der Waals surface area contributed by atoms with Crippen LogP contribution in [0, 0.1) is 5.92 Å².